The first-order chi connectivity index (χ1) is 9.74. The molecule has 7 nitrogen and oxygen atoms in total. The number of hydrogen-bond acceptors (Lipinski definition) is 5. The summed E-state index contributed by atoms with van der Waals surface area (Å²) < 4.78 is 1.85. The van der Waals surface area contributed by atoms with Gasteiger partial charge in [-0.25, -0.2) is 19.4 Å². The number of anilines is 1. The van der Waals surface area contributed by atoms with Crippen molar-refractivity contribution in [2.45, 2.75) is 18.9 Å². The molecule has 0 saturated carbocycles. The second-order valence-electron chi connectivity index (χ2n) is 4.80. The molecule has 20 heavy (non-hydrogen) atoms. The smallest absolute Gasteiger partial charge is 0.354 e. The molecule has 1 unspecified atom stereocenters. The Hall–Kier alpha value is -2.44. The highest BCUT2D eigenvalue weighted by Gasteiger charge is 2.23. The zero-order chi connectivity index (χ0) is 13.9. The van der Waals surface area contributed by atoms with Crippen LogP contribution in [-0.2, 0) is 0 Å². The molecule has 7 heteroatoms. The van der Waals surface area contributed by atoms with Crippen LogP contribution in [0.5, 0.6) is 0 Å². The Morgan fingerprint density at radius 1 is 1.40 bits per heavy atom. The summed E-state index contributed by atoms with van der Waals surface area (Å²) in [6.07, 6.45) is 5.31. The number of piperidine rings is 1. The van der Waals surface area contributed by atoms with Crippen molar-refractivity contribution in [3.63, 3.8) is 0 Å². The summed E-state index contributed by atoms with van der Waals surface area (Å²) in [6, 6.07) is 5.33. The molecule has 0 amide bonds. The van der Waals surface area contributed by atoms with E-state index in [0.717, 1.165) is 25.9 Å². The average molecular weight is 273 g/mol. The third-order valence-electron chi connectivity index (χ3n) is 3.48. The second-order valence-corrected chi connectivity index (χ2v) is 4.80. The summed E-state index contributed by atoms with van der Waals surface area (Å²) in [5.41, 5.74) is 0.0744. The third kappa shape index (κ3) is 2.47. The van der Waals surface area contributed by atoms with Crippen LogP contribution < -0.4 is 4.90 Å². The van der Waals surface area contributed by atoms with Crippen LogP contribution in [0.15, 0.2) is 30.9 Å². The van der Waals surface area contributed by atoms with Crippen LogP contribution in [0.4, 0.5) is 5.82 Å². The van der Waals surface area contributed by atoms with Gasteiger partial charge in [0.15, 0.2) is 5.69 Å². The van der Waals surface area contributed by atoms with E-state index in [1.807, 2.05) is 10.7 Å². The number of hydrogen-bond donors (Lipinski definition) is 1. The Morgan fingerprint density at radius 2 is 2.30 bits per heavy atom. The molecule has 104 valence electrons. The minimum Gasteiger partial charge on any atom is -0.477 e. The topological polar surface area (TPSA) is 84.1 Å². The molecule has 0 spiro atoms. The highest BCUT2D eigenvalue weighted by Crippen LogP contribution is 2.24. The van der Waals surface area contributed by atoms with Crippen LogP contribution in [0.25, 0.3) is 0 Å². The van der Waals surface area contributed by atoms with Gasteiger partial charge in [0.05, 0.1) is 6.04 Å². The van der Waals surface area contributed by atoms with E-state index in [0.29, 0.717) is 5.82 Å². The summed E-state index contributed by atoms with van der Waals surface area (Å²) in [4.78, 5) is 21.2. The van der Waals surface area contributed by atoms with Crippen molar-refractivity contribution in [2.75, 3.05) is 18.0 Å². The zero-order valence-corrected chi connectivity index (χ0v) is 10.9. The largest absolute Gasteiger partial charge is 0.477 e. The lowest BCUT2D eigenvalue weighted by atomic mass is 10.1. The Labute approximate surface area is 115 Å². The summed E-state index contributed by atoms with van der Waals surface area (Å²) in [6.45, 7) is 1.64. The maximum Gasteiger partial charge on any atom is 0.354 e. The van der Waals surface area contributed by atoms with Gasteiger partial charge in [-0.15, -0.1) is 0 Å². The minimum absolute atomic E-state index is 0.0744. The maximum absolute atomic E-state index is 11.0. The number of pyridine rings is 1. The van der Waals surface area contributed by atoms with Crippen molar-refractivity contribution < 1.29 is 9.90 Å². The molecular formula is C13H15N5O2. The highest BCUT2D eigenvalue weighted by molar-refractivity contribution is 5.85. The Kier molecular flexibility index (Phi) is 3.32. The summed E-state index contributed by atoms with van der Waals surface area (Å²) in [5, 5.41) is 13.2. The van der Waals surface area contributed by atoms with Gasteiger partial charge in [-0.1, -0.05) is 6.07 Å². The summed E-state index contributed by atoms with van der Waals surface area (Å²) in [5.74, 6) is -0.300. The first kappa shape index (κ1) is 12.6. The quantitative estimate of drug-likeness (QED) is 0.905. The molecule has 1 aliphatic heterocycles. The number of carbonyl (C=O) groups is 1. The maximum atomic E-state index is 11.0. The molecule has 3 rings (SSSR count). The van der Waals surface area contributed by atoms with Gasteiger partial charge >= 0.3 is 5.97 Å². The monoisotopic (exact) mass is 273 g/mol. The molecular weight excluding hydrogens is 258 g/mol. The fourth-order valence-electron chi connectivity index (χ4n) is 2.50. The fourth-order valence-corrected chi connectivity index (χ4v) is 2.50. The normalized spacial score (nSPS) is 19.0. The van der Waals surface area contributed by atoms with Gasteiger partial charge in [0.25, 0.3) is 0 Å². The van der Waals surface area contributed by atoms with E-state index < -0.39 is 5.97 Å². The SMILES string of the molecule is O=C(O)c1cccc(N2CCCC(n3cncn3)C2)n1. The van der Waals surface area contributed by atoms with Gasteiger partial charge in [0, 0.05) is 13.1 Å². The molecule has 0 bridgehead atoms. The van der Waals surface area contributed by atoms with E-state index in [4.69, 9.17) is 5.11 Å². The van der Waals surface area contributed by atoms with Crippen molar-refractivity contribution in [2.24, 2.45) is 0 Å². The molecule has 3 heterocycles. The lowest BCUT2D eigenvalue weighted by Gasteiger charge is -2.33. The Balaban J connectivity index is 1.80. The molecule has 1 saturated heterocycles. The summed E-state index contributed by atoms with van der Waals surface area (Å²) >= 11 is 0. The van der Waals surface area contributed by atoms with E-state index in [1.165, 1.54) is 12.4 Å². The lowest BCUT2D eigenvalue weighted by Crippen LogP contribution is -2.37. The first-order valence-electron chi connectivity index (χ1n) is 6.53. The number of carboxylic acids is 1. The molecule has 1 fully saturated rings. The van der Waals surface area contributed by atoms with E-state index >= 15 is 0 Å². The van der Waals surface area contributed by atoms with Gasteiger partial charge in [-0.05, 0) is 25.0 Å². The molecule has 1 N–H and O–H groups in total. The Morgan fingerprint density at radius 3 is 3.05 bits per heavy atom. The first-order valence-corrected chi connectivity index (χ1v) is 6.53. The van der Waals surface area contributed by atoms with Crippen molar-refractivity contribution >= 4 is 11.8 Å². The van der Waals surface area contributed by atoms with E-state index in [2.05, 4.69) is 20.0 Å². The van der Waals surface area contributed by atoms with Gasteiger partial charge in [0.1, 0.15) is 18.5 Å². The van der Waals surface area contributed by atoms with Gasteiger partial charge in [-0.3, -0.25) is 0 Å². The van der Waals surface area contributed by atoms with Crippen molar-refractivity contribution in [1.82, 2.24) is 19.7 Å². The molecule has 2 aromatic rings. The van der Waals surface area contributed by atoms with Crippen molar-refractivity contribution in [3.8, 4) is 0 Å². The van der Waals surface area contributed by atoms with Gasteiger partial charge in [-0.2, -0.15) is 5.10 Å². The van der Waals surface area contributed by atoms with Crippen molar-refractivity contribution in [1.29, 1.82) is 0 Å². The molecule has 1 aliphatic rings. The highest BCUT2D eigenvalue weighted by atomic mass is 16.4. The lowest BCUT2D eigenvalue weighted by molar-refractivity contribution is 0.0690. The van der Waals surface area contributed by atoms with Crippen LogP contribution in [0.2, 0.25) is 0 Å². The zero-order valence-electron chi connectivity index (χ0n) is 10.9. The Bertz CT molecular complexity index is 599. The van der Waals surface area contributed by atoms with Crippen LogP contribution in [0.1, 0.15) is 29.4 Å². The van der Waals surface area contributed by atoms with Crippen LogP contribution in [0, 0.1) is 0 Å². The average Bonchev–Trinajstić information content (AvgIpc) is 3.02. The fraction of sp³-hybridized carbons (Fsp3) is 0.385. The van der Waals surface area contributed by atoms with Gasteiger partial charge < -0.3 is 10.0 Å². The second kappa shape index (κ2) is 5.28. The molecule has 0 radical (unpaired) electrons. The standard InChI is InChI=1S/C13H15N5O2/c19-13(20)11-4-1-5-12(16-11)17-6-2-3-10(7-17)18-9-14-8-15-18/h1,4-5,8-10H,2-3,6-7H2,(H,19,20). The molecule has 0 aliphatic carbocycles. The molecule has 0 aromatic carbocycles. The number of nitrogens with zero attached hydrogens (tertiary/aromatic N) is 5. The van der Waals surface area contributed by atoms with Crippen molar-refractivity contribution in [3.05, 3.63) is 36.5 Å². The predicted octanol–water partition coefficient (Wildman–Crippen LogP) is 1.21. The third-order valence-corrected chi connectivity index (χ3v) is 3.48. The minimum atomic E-state index is -1.00. The van der Waals surface area contributed by atoms with Crippen LogP contribution >= 0.6 is 0 Å². The number of carboxylic acid groups (broad SMARTS) is 1. The van der Waals surface area contributed by atoms with Crippen LogP contribution in [0.3, 0.4) is 0 Å². The molecule has 1 atom stereocenters. The van der Waals surface area contributed by atoms with E-state index in [-0.39, 0.29) is 11.7 Å². The number of aromatic carboxylic acids is 1. The molecule has 2 aromatic heterocycles. The van der Waals surface area contributed by atoms with E-state index in [9.17, 15) is 4.79 Å². The van der Waals surface area contributed by atoms with Crippen LogP contribution in [-0.4, -0.2) is 43.9 Å². The predicted molar refractivity (Wildman–Crippen MR) is 71.7 cm³/mol. The number of rotatable bonds is 3. The summed E-state index contributed by atoms with van der Waals surface area (Å²) in [7, 11) is 0. The van der Waals surface area contributed by atoms with E-state index in [1.54, 1.807) is 12.4 Å². The number of aromatic nitrogens is 4. The van der Waals surface area contributed by atoms with Gasteiger partial charge in [0.2, 0.25) is 0 Å².